The van der Waals surface area contributed by atoms with Crippen LogP contribution in [-0.4, -0.2) is 17.8 Å². The summed E-state index contributed by atoms with van der Waals surface area (Å²) in [6.07, 6.45) is 6.84. The zero-order valence-corrected chi connectivity index (χ0v) is 9.18. The molecule has 14 heavy (non-hydrogen) atoms. The first-order chi connectivity index (χ1) is 6.77. The Labute approximate surface area is 93.3 Å². The number of rotatable bonds is 1. The van der Waals surface area contributed by atoms with Gasteiger partial charge in [0.1, 0.15) is 6.23 Å². The van der Waals surface area contributed by atoms with E-state index in [-0.39, 0.29) is 6.23 Å². The Morgan fingerprint density at radius 1 is 1.36 bits per heavy atom. The number of hydrogen-bond acceptors (Lipinski definition) is 3. The maximum Gasteiger partial charge on any atom is 0.147 e. The van der Waals surface area contributed by atoms with E-state index < -0.39 is 0 Å². The first-order valence-corrected chi connectivity index (χ1v) is 5.42. The third kappa shape index (κ3) is 2.16. The highest BCUT2D eigenvalue weighted by atomic mass is 35.5. The van der Waals surface area contributed by atoms with E-state index in [0.29, 0.717) is 10.1 Å². The van der Waals surface area contributed by atoms with Crippen molar-refractivity contribution in [2.24, 2.45) is 0 Å². The first kappa shape index (κ1) is 10.1. The molecule has 1 unspecified atom stereocenters. The van der Waals surface area contributed by atoms with Crippen molar-refractivity contribution >= 4 is 23.2 Å². The van der Waals surface area contributed by atoms with Crippen LogP contribution in [0.1, 0.15) is 19.3 Å². The van der Waals surface area contributed by atoms with E-state index in [4.69, 9.17) is 27.9 Å². The van der Waals surface area contributed by atoms with Gasteiger partial charge in [-0.05, 0) is 19.3 Å². The minimum Gasteiger partial charge on any atom is -0.357 e. The van der Waals surface area contributed by atoms with Gasteiger partial charge in [-0.25, -0.2) is 0 Å². The Balaban J connectivity index is 1.99. The van der Waals surface area contributed by atoms with Crippen LogP contribution in [0.4, 0.5) is 0 Å². The predicted molar refractivity (Wildman–Crippen MR) is 56.4 cm³/mol. The Morgan fingerprint density at radius 2 is 2.21 bits per heavy atom. The molecule has 0 aromatic rings. The largest absolute Gasteiger partial charge is 0.357 e. The van der Waals surface area contributed by atoms with Gasteiger partial charge in [0, 0.05) is 19.0 Å². The van der Waals surface area contributed by atoms with Gasteiger partial charge in [-0.1, -0.05) is 23.2 Å². The van der Waals surface area contributed by atoms with Crippen LogP contribution in [0.2, 0.25) is 0 Å². The lowest BCUT2D eigenvalue weighted by Crippen LogP contribution is -2.43. The van der Waals surface area contributed by atoms with E-state index in [0.717, 1.165) is 19.4 Å². The van der Waals surface area contributed by atoms with Crippen molar-refractivity contribution < 1.29 is 4.74 Å². The van der Waals surface area contributed by atoms with Crippen molar-refractivity contribution in [3.05, 3.63) is 22.5 Å². The number of nitrogens with zero attached hydrogens (tertiary/aromatic N) is 1. The summed E-state index contributed by atoms with van der Waals surface area (Å²) in [5, 5.41) is 2.92. The summed E-state index contributed by atoms with van der Waals surface area (Å²) >= 11 is 11.7. The molecule has 0 aromatic carbocycles. The molecule has 1 saturated heterocycles. The SMILES string of the molecule is ClC1=CNN(C2CCCCO2)C=C1Cl. The summed E-state index contributed by atoms with van der Waals surface area (Å²) in [4.78, 5) is 0. The van der Waals surface area contributed by atoms with E-state index in [1.165, 1.54) is 6.42 Å². The summed E-state index contributed by atoms with van der Waals surface area (Å²) in [7, 11) is 0. The summed E-state index contributed by atoms with van der Waals surface area (Å²) in [6.45, 7) is 0.811. The lowest BCUT2D eigenvalue weighted by atomic mass is 10.2. The van der Waals surface area contributed by atoms with Crippen LogP contribution >= 0.6 is 23.2 Å². The molecule has 0 saturated carbocycles. The van der Waals surface area contributed by atoms with Crippen molar-refractivity contribution in [2.75, 3.05) is 6.61 Å². The van der Waals surface area contributed by atoms with E-state index in [1.807, 2.05) is 5.01 Å². The molecule has 0 aliphatic carbocycles. The van der Waals surface area contributed by atoms with Gasteiger partial charge in [0.25, 0.3) is 0 Å². The summed E-state index contributed by atoms with van der Waals surface area (Å²) in [5.41, 5.74) is 3.02. The zero-order chi connectivity index (χ0) is 9.97. The number of halogens is 2. The van der Waals surface area contributed by atoms with E-state index >= 15 is 0 Å². The first-order valence-electron chi connectivity index (χ1n) is 4.67. The zero-order valence-electron chi connectivity index (χ0n) is 7.67. The fourth-order valence-corrected chi connectivity index (χ4v) is 1.79. The van der Waals surface area contributed by atoms with Gasteiger partial charge in [-0.15, -0.1) is 0 Å². The average molecular weight is 235 g/mol. The molecule has 2 rings (SSSR count). The highest BCUT2D eigenvalue weighted by molar-refractivity contribution is 6.43. The number of ether oxygens (including phenoxy) is 1. The maximum absolute atomic E-state index is 5.90. The molecule has 1 atom stereocenters. The second-order valence-electron chi connectivity index (χ2n) is 3.33. The van der Waals surface area contributed by atoms with Crippen LogP contribution in [-0.2, 0) is 4.74 Å². The highest BCUT2D eigenvalue weighted by Crippen LogP contribution is 2.24. The minimum absolute atomic E-state index is 0.0681. The molecule has 0 bridgehead atoms. The van der Waals surface area contributed by atoms with E-state index in [9.17, 15) is 0 Å². The summed E-state index contributed by atoms with van der Waals surface area (Å²) < 4.78 is 5.59. The molecule has 5 heteroatoms. The molecular weight excluding hydrogens is 223 g/mol. The van der Waals surface area contributed by atoms with E-state index in [1.54, 1.807) is 12.4 Å². The van der Waals surface area contributed by atoms with Gasteiger partial charge in [-0.2, -0.15) is 0 Å². The molecule has 2 aliphatic rings. The van der Waals surface area contributed by atoms with Crippen LogP contribution in [0.25, 0.3) is 0 Å². The van der Waals surface area contributed by atoms with Gasteiger partial charge < -0.3 is 10.2 Å². The lowest BCUT2D eigenvalue weighted by molar-refractivity contribution is -0.0797. The summed E-state index contributed by atoms with van der Waals surface area (Å²) in [5.74, 6) is 0. The molecule has 0 radical (unpaired) electrons. The van der Waals surface area contributed by atoms with Crippen LogP contribution in [0.5, 0.6) is 0 Å². The smallest absolute Gasteiger partial charge is 0.147 e. The minimum atomic E-state index is 0.0681. The molecule has 1 N–H and O–H groups in total. The summed E-state index contributed by atoms with van der Waals surface area (Å²) in [6, 6.07) is 0. The van der Waals surface area contributed by atoms with Crippen molar-refractivity contribution in [3.63, 3.8) is 0 Å². The van der Waals surface area contributed by atoms with Gasteiger partial charge >= 0.3 is 0 Å². The van der Waals surface area contributed by atoms with Crippen molar-refractivity contribution in [1.82, 2.24) is 10.4 Å². The number of allylic oxidation sites excluding steroid dienone is 2. The van der Waals surface area contributed by atoms with Crippen molar-refractivity contribution in [1.29, 1.82) is 0 Å². The molecule has 0 amide bonds. The number of hydrazine groups is 1. The molecule has 2 aliphatic heterocycles. The second kappa shape index (κ2) is 4.43. The topological polar surface area (TPSA) is 24.5 Å². The molecule has 3 nitrogen and oxygen atoms in total. The Kier molecular flexibility index (Phi) is 3.21. The average Bonchev–Trinajstić information content (AvgIpc) is 2.23. The van der Waals surface area contributed by atoms with Crippen LogP contribution < -0.4 is 5.43 Å². The van der Waals surface area contributed by atoms with Crippen LogP contribution in [0, 0.1) is 0 Å². The standard InChI is InChI=1S/C9H12Cl2N2O/c10-7-5-12-13(6-8(7)11)9-3-1-2-4-14-9/h5-6,9,12H,1-4H2. The maximum atomic E-state index is 5.90. The van der Waals surface area contributed by atoms with Crippen molar-refractivity contribution in [3.8, 4) is 0 Å². The monoisotopic (exact) mass is 234 g/mol. The van der Waals surface area contributed by atoms with Crippen LogP contribution in [0.3, 0.4) is 0 Å². The third-order valence-electron chi connectivity index (χ3n) is 2.29. The second-order valence-corrected chi connectivity index (χ2v) is 4.14. The van der Waals surface area contributed by atoms with Crippen molar-refractivity contribution in [2.45, 2.75) is 25.5 Å². The van der Waals surface area contributed by atoms with Gasteiger partial charge in [0.2, 0.25) is 0 Å². The van der Waals surface area contributed by atoms with Gasteiger partial charge in [0.15, 0.2) is 0 Å². The highest BCUT2D eigenvalue weighted by Gasteiger charge is 2.21. The Morgan fingerprint density at radius 3 is 2.86 bits per heavy atom. The number of nitrogens with one attached hydrogen (secondary N) is 1. The van der Waals surface area contributed by atoms with Gasteiger partial charge in [-0.3, -0.25) is 5.01 Å². The Bertz CT molecular complexity index is 272. The lowest BCUT2D eigenvalue weighted by Gasteiger charge is -2.34. The van der Waals surface area contributed by atoms with E-state index in [2.05, 4.69) is 5.43 Å². The fourth-order valence-electron chi connectivity index (χ4n) is 1.53. The Hall–Kier alpha value is -0.380. The molecule has 1 fully saturated rings. The molecular formula is C9H12Cl2N2O. The molecule has 2 heterocycles. The molecule has 78 valence electrons. The van der Waals surface area contributed by atoms with Gasteiger partial charge in [0.05, 0.1) is 10.1 Å². The number of hydrogen-bond donors (Lipinski definition) is 1. The molecule has 0 spiro atoms. The third-order valence-corrected chi connectivity index (χ3v) is 3.00. The normalized spacial score (nSPS) is 27.9. The fraction of sp³-hybridized carbons (Fsp3) is 0.556. The molecule has 0 aromatic heterocycles. The quantitative estimate of drug-likeness (QED) is 0.755. The predicted octanol–water partition coefficient (Wildman–Crippen LogP) is 2.49. The van der Waals surface area contributed by atoms with Crippen LogP contribution in [0.15, 0.2) is 22.5 Å².